The summed E-state index contributed by atoms with van der Waals surface area (Å²) >= 11 is 1.27. The van der Waals surface area contributed by atoms with E-state index in [1.54, 1.807) is 30.5 Å². The number of piperidine rings is 1. The molecule has 0 aliphatic carbocycles. The van der Waals surface area contributed by atoms with Crippen LogP contribution < -0.4 is 10.2 Å². The van der Waals surface area contributed by atoms with Crippen LogP contribution in [0.15, 0.2) is 41.7 Å². The van der Waals surface area contributed by atoms with Crippen molar-refractivity contribution in [2.45, 2.75) is 25.4 Å². The number of thioether (sulfide) groups is 1. The number of ether oxygens (including phenoxy) is 1. The van der Waals surface area contributed by atoms with Gasteiger partial charge in [0, 0.05) is 19.3 Å². The highest BCUT2D eigenvalue weighted by atomic mass is 32.2. The minimum Gasteiger partial charge on any atom is -0.465 e. The Balaban J connectivity index is 1.61. The van der Waals surface area contributed by atoms with Gasteiger partial charge in [-0.25, -0.2) is 14.8 Å². The third-order valence-corrected chi connectivity index (χ3v) is 5.61. The van der Waals surface area contributed by atoms with Gasteiger partial charge in [-0.15, -0.1) is 0 Å². The number of amides is 1. The van der Waals surface area contributed by atoms with Gasteiger partial charge in [-0.05, 0) is 36.5 Å². The molecule has 0 saturated carbocycles. The predicted molar refractivity (Wildman–Crippen MR) is 114 cm³/mol. The zero-order valence-corrected chi connectivity index (χ0v) is 17.7. The van der Waals surface area contributed by atoms with E-state index in [-0.39, 0.29) is 11.7 Å². The molecule has 2 aromatic rings. The molecule has 7 nitrogen and oxygen atoms in total. The summed E-state index contributed by atoms with van der Waals surface area (Å²) in [6.07, 6.45) is 2.97. The molecule has 1 saturated heterocycles. The van der Waals surface area contributed by atoms with Crippen molar-refractivity contribution in [1.29, 1.82) is 0 Å². The van der Waals surface area contributed by atoms with Gasteiger partial charge in [-0.1, -0.05) is 37.7 Å². The smallest absolute Gasteiger partial charge is 0.339 e. The van der Waals surface area contributed by atoms with Crippen LogP contribution in [0.25, 0.3) is 0 Å². The van der Waals surface area contributed by atoms with E-state index >= 15 is 0 Å². The monoisotopic (exact) mass is 414 g/mol. The van der Waals surface area contributed by atoms with Gasteiger partial charge in [0.15, 0.2) is 5.16 Å². The summed E-state index contributed by atoms with van der Waals surface area (Å²) in [5, 5.41) is 3.32. The topological polar surface area (TPSA) is 84.4 Å². The minimum absolute atomic E-state index is 0.145. The van der Waals surface area contributed by atoms with E-state index in [0.29, 0.717) is 28.2 Å². The molecule has 1 aromatic carbocycles. The number of benzene rings is 1. The molecular weight excluding hydrogens is 388 g/mol. The number of para-hydroxylation sites is 1. The molecular formula is C21H26N4O3S. The van der Waals surface area contributed by atoms with Crippen LogP contribution in [0.4, 0.5) is 11.5 Å². The van der Waals surface area contributed by atoms with Crippen LogP contribution in [0.3, 0.4) is 0 Å². The number of hydrogen-bond donors (Lipinski definition) is 1. The van der Waals surface area contributed by atoms with Gasteiger partial charge in [0.1, 0.15) is 5.82 Å². The minimum atomic E-state index is -0.491. The second kappa shape index (κ2) is 9.73. The first kappa shape index (κ1) is 21.1. The van der Waals surface area contributed by atoms with Crippen molar-refractivity contribution in [3.05, 3.63) is 42.1 Å². The molecule has 1 aliphatic heterocycles. The van der Waals surface area contributed by atoms with Crippen molar-refractivity contribution in [3.8, 4) is 0 Å². The molecule has 1 aromatic heterocycles. The standard InChI is InChI=1S/C21H26N4O3S/c1-14-10-15(2)12-25(11-14)18-8-9-22-21(24-18)29-13-19(26)23-17-7-5-4-6-16(17)20(27)28-3/h4-9,14-15H,10-13H2,1-3H3,(H,23,26)/t14-,15+. The number of nitrogens with one attached hydrogen (secondary N) is 1. The molecule has 0 radical (unpaired) electrons. The van der Waals surface area contributed by atoms with E-state index in [0.717, 1.165) is 18.9 Å². The van der Waals surface area contributed by atoms with Crippen LogP contribution in [0.2, 0.25) is 0 Å². The molecule has 0 bridgehead atoms. The third kappa shape index (κ3) is 5.69. The molecule has 0 unspecified atom stereocenters. The third-order valence-electron chi connectivity index (χ3n) is 4.75. The van der Waals surface area contributed by atoms with Crippen LogP contribution in [0.5, 0.6) is 0 Å². The Kier molecular flexibility index (Phi) is 7.09. The SMILES string of the molecule is COC(=O)c1ccccc1NC(=O)CSc1nccc(N2C[C@H](C)C[C@H](C)C2)n1. The molecule has 29 heavy (non-hydrogen) atoms. The van der Waals surface area contributed by atoms with Gasteiger partial charge in [0.25, 0.3) is 0 Å². The van der Waals surface area contributed by atoms with Gasteiger partial charge < -0.3 is 15.0 Å². The molecule has 0 spiro atoms. The average Bonchev–Trinajstić information content (AvgIpc) is 2.71. The molecule has 2 heterocycles. The Hall–Kier alpha value is -2.61. The predicted octanol–water partition coefficient (Wildman–Crippen LogP) is 3.48. The first-order valence-electron chi connectivity index (χ1n) is 9.64. The van der Waals surface area contributed by atoms with E-state index in [2.05, 4.69) is 34.0 Å². The summed E-state index contributed by atoms with van der Waals surface area (Å²) < 4.78 is 4.75. The lowest BCUT2D eigenvalue weighted by Gasteiger charge is -2.35. The number of methoxy groups -OCH3 is 1. The maximum Gasteiger partial charge on any atom is 0.339 e. The Labute approximate surface area is 175 Å². The van der Waals surface area contributed by atoms with Gasteiger partial charge in [0.05, 0.1) is 24.1 Å². The zero-order valence-electron chi connectivity index (χ0n) is 16.9. The molecule has 8 heteroatoms. The van der Waals surface area contributed by atoms with Crippen LogP contribution in [-0.4, -0.2) is 47.8 Å². The lowest BCUT2D eigenvalue weighted by Crippen LogP contribution is -2.39. The van der Waals surface area contributed by atoms with Crippen molar-refractivity contribution < 1.29 is 14.3 Å². The highest BCUT2D eigenvalue weighted by molar-refractivity contribution is 7.99. The van der Waals surface area contributed by atoms with Crippen molar-refractivity contribution in [1.82, 2.24) is 9.97 Å². The number of nitrogens with zero attached hydrogens (tertiary/aromatic N) is 3. The van der Waals surface area contributed by atoms with Gasteiger partial charge >= 0.3 is 5.97 Å². The van der Waals surface area contributed by atoms with E-state index < -0.39 is 5.97 Å². The number of hydrogen-bond acceptors (Lipinski definition) is 7. The van der Waals surface area contributed by atoms with E-state index in [1.165, 1.54) is 25.3 Å². The number of rotatable bonds is 6. The van der Waals surface area contributed by atoms with Crippen molar-refractivity contribution >= 4 is 35.1 Å². The summed E-state index contributed by atoms with van der Waals surface area (Å²) in [4.78, 5) is 35.4. The second-order valence-corrected chi connectivity index (χ2v) is 8.36. The van der Waals surface area contributed by atoms with Crippen LogP contribution in [-0.2, 0) is 9.53 Å². The molecule has 1 amide bonds. The summed E-state index contributed by atoms with van der Waals surface area (Å²) in [5.74, 6) is 1.58. The first-order chi connectivity index (χ1) is 14.0. The second-order valence-electron chi connectivity index (χ2n) is 7.42. The Bertz CT molecular complexity index is 867. The lowest BCUT2D eigenvalue weighted by atomic mass is 9.92. The van der Waals surface area contributed by atoms with Crippen LogP contribution in [0, 0.1) is 11.8 Å². The summed E-state index contributed by atoms with van der Waals surface area (Å²) in [6.45, 7) is 6.48. The molecule has 1 fully saturated rings. The van der Waals surface area contributed by atoms with Gasteiger partial charge in [0.2, 0.25) is 5.91 Å². The Morgan fingerprint density at radius 2 is 1.93 bits per heavy atom. The number of esters is 1. The lowest BCUT2D eigenvalue weighted by molar-refractivity contribution is -0.113. The van der Waals surface area contributed by atoms with Gasteiger partial charge in [-0.2, -0.15) is 0 Å². The highest BCUT2D eigenvalue weighted by Crippen LogP contribution is 2.26. The number of carbonyl (C=O) groups is 2. The summed E-state index contributed by atoms with van der Waals surface area (Å²) in [5.41, 5.74) is 0.746. The molecule has 154 valence electrons. The average molecular weight is 415 g/mol. The number of aromatic nitrogens is 2. The quantitative estimate of drug-likeness (QED) is 0.440. The fraction of sp³-hybridized carbons (Fsp3) is 0.429. The van der Waals surface area contributed by atoms with E-state index in [1.807, 2.05) is 6.07 Å². The normalized spacial score (nSPS) is 18.9. The molecule has 1 aliphatic rings. The van der Waals surface area contributed by atoms with E-state index in [9.17, 15) is 9.59 Å². The Morgan fingerprint density at radius 1 is 1.21 bits per heavy atom. The van der Waals surface area contributed by atoms with Crippen molar-refractivity contribution in [2.24, 2.45) is 11.8 Å². The zero-order chi connectivity index (χ0) is 20.8. The fourth-order valence-corrected chi connectivity index (χ4v) is 4.25. The highest BCUT2D eigenvalue weighted by Gasteiger charge is 2.23. The van der Waals surface area contributed by atoms with Crippen molar-refractivity contribution in [3.63, 3.8) is 0 Å². The largest absolute Gasteiger partial charge is 0.465 e. The fourth-order valence-electron chi connectivity index (χ4n) is 3.62. The number of carbonyl (C=O) groups excluding carboxylic acids is 2. The molecule has 1 N–H and O–H groups in total. The molecule has 2 atom stereocenters. The maximum absolute atomic E-state index is 12.4. The van der Waals surface area contributed by atoms with Crippen LogP contribution in [0.1, 0.15) is 30.6 Å². The van der Waals surface area contributed by atoms with Gasteiger partial charge in [-0.3, -0.25) is 4.79 Å². The van der Waals surface area contributed by atoms with Crippen LogP contribution >= 0.6 is 11.8 Å². The van der Waals surface area contributed by atoms with Crippen molar-refractivity contribution in [2.75, 3.05) is 36.2 Å². The Morgan fingerprint density at radius 3 is 2.66 bits per heavy atom. The summed E-state index contributed by atoms with van der Waals surface area (Å²) in [7, 11) is 1.31. The molecule has 3 rings (SSSR count). The number of anilines is 2. The summed E-state index contributed by atoms with van der Waals surface area (Å²) in [6, 6.07) is 8.68. The maximum atomic E-state index is 12.4. The van der Waals surface area contributed by atoms with E-state index in [4.69, 9.17) is 4.74 Å². The first-order valence-corrected chi connectivity index (χ1v) is 10.6.